The fraction of sp³-hybridized carbons (Fsp3) is 0.545. The van der Waals surface area contributed by atoms with E-state index in [-0.39, 0.29) is 11.1 Å². The maximum absolute atomic E-state index is 5.56. The molecular weight excluding hydrogens is 238 g/mol. The van der Waals surface area contributed by atoms with Crippen molar-refractivity contribution in [3.05, 3.63) is 17.6 Å². The summed E-state index contributed by atoms with van der Waals surface area (Å²) < 4.78 is 10.8. The lowest BCUT2D eigenvalue weighted by molar-refractivity contribution is 0.0541. The maximum Gasteiger partial charge on any atom is 0.227 e. The first-order valence-corrected chi connectivity index (χ1v) is 5.79. The van der Waals surface area contributed by atoms with Crippen LogP contribution in [0.2, 0.25) is 0 Å². The molecule has 6 heteroatoms. The zero-order valence-corrected chi connectivity index (χ0v) is 11.1. The quantitative estimate of drug-likeness (QED) is 0.609. The van der Waals surface area contributed by atoms with Crippen molar-refractivity contribution in [1.29, 1.82) is 0 Å². The minimum Gasteiger partial charge on any atom is -0.475 e. The third kappa shape index (κ3) is 4.62. The van der Waals surface area contributed by atoms with Crippen LogP contribution in [0.4, 0.5) is 0 Å². The molecule has 0 saturated heterocycles. The standard InChI is InChI=1S/C11H17N3O2S/c1-7(2)15-4-5-16-11-9(10(12)17)6-13-8(3)14-11/h6-7H,4-5H2,1-3H3,(H2,12,17). The van der Waals surface area contributed by atoms with Crippen LogP contribution in [0, 0.1) is 6.92 Å². The molecule has 0 aliphatic rings. The lowest BCUT2D eigenvalue weighted by atomic mass is 10.3. The average Bonchev–Trinajstić information content (AvgIpc) is 2.23. The molecule has 0 atom stereocenters. The van der Waals surface area contributed by atoms with E-state index in [9.17, 15) is 0 Å². The Bertz CT molecular complexity index is 396. The van der Waals surface area contributed by atoms with Crippen molar-refractivity contribution in [2.75, 3.05) is 13.2 Å². The number of rotatable bonds is 6. The van der Waals surface area contributed by atoms with Crippen LogP contribution in [0.5, 0.6) is 5.88 Å². The number of nitrogens with zero attached hydrogens (tertiary/aromatic N) is 2. The lowest BCUT2D eigenvalue weighted by Crippen LogP contribution is -2.17. The Morgan fingerprint density at radius 1 is 1.47 bits per heavy atom. The van der Waals surface area contributed by atoms with Crippen LogP contribution >= 0.6 is 12.2 Å². The third-order valence-electron chi connectivity index (χ3n) is 1.91. The Balaban J connectivity index is 2.62. The topological polar surface area (TPSA) is 70.3 Å². The summed E-state index contributed by atoms with van der Waals surface area (Å²) in [4.78, 5) is 8.41. The van der Waals surface area contributed by atoms with E-state index in [1.54, 1.807) is 13.1 Å². The van der Waals surface area contributed by atoms with Gasteiger partial charge in [-0.25, -0.2) is 4.98 Å². The van der Waals surface area contributed by atoms with Crippen molar-refractivity contribution in [2.45, 2.75) is 26.9 Å². The second-order valence-electron chi connectivity index (χ2n) is 3.77. The van der Waals surface area contributed by atoms with Crippen LogP contribution < -0.4 is 10.5 Å². The summed E-state index contributed by atoms with van der Waals surface area (Å²) >= 11 is 4.90. The smallest absolute Gasteiger partial charge is 0.227 e. The second kappa shape index (κ2) is 6.46. The molecule has 5 nitrogen and oxygen atoms in total. The minimum absolute atomic E-state index is 0.181. The number of aryl methyl sites for hydroxylation is 1. The molecule has 0 saturated carbocycles. The molecule has 0 radical (unpaired) electrons. The van der Waals surface area contributed by atoms with Gasteiger partial charge in [0.2, 0.25) is 5.88 Å². The molecule has 1 rings (SSSR count). The highest BCUT2D eigenvalue weighted by Crippen LogP contribution is 2.14. The highest BCUT2D eigenvalue weighted by molar-refractivity contribution is 7.80. The number of thiocarbonyl (C=S) groups is 1. The highest BCUT2D eigenvalue weighted by Gasteiger charge is 2.09. The number of aromatic nitrogens is 2. The molecule has 0 aromatic carbocycles. The van der Waals surface area contributed by atoms with E-state index in [0.717, 1.165) is 0 Å². The van der Waals surface area contributed by atoms with Gasteiger partial charge in [-0.15, -0.1) is 0 Å². The van der Waals surface area contributed by atoms with E-state index in [0.29, 0.717) is 30.5 Å². The zero-order valence-electron chi connectivity index (χ0n) is 10.3. The Hall–Kier alpha value is -1.27. The molecule has 0 aliphatic carbocycles. The van der Waals surface area contributed by atoms with Crippen LogP contribution in [0.1, 0.15) is 25.2 Å². The van der Waals surface area contributed by atoms with E-state index >= 15 is 0 Å². The van der Waals surface area contributed by atoms with Crippen LogP contribution in [0.15, 0.2) is 6.20 Å². The van der Waals surface area contributed by atoms with Crippen molar-refractivity contribution in [3.8, 4) is 5.88 Å². The van der Waals surface area contributed by atoms with Gasteiger partial charge in [0.05, 0.1) is 18.3 Å². The van der Waals surface area contributed by atoms with Gasteiger partial charge in [-0.1, -0.05) is 12.2 Å². The average molecular weight is 255 g/mol. The first kappa shape index (κ1) is 13.8. The van der Waals surface area contributed by atoms with Crippen molar-refractivity contribution in [1.82, 2.24) is 9.97 Å². The van der Waals surface area contributed by atoms with Crippen molar-refractivity contribution in [2.24, 2.45) is 5.73 Å². The Kier molecular flexibility index (Phi) is 5.24. The van der Waals surface area contributed by atoms with Gasteiger partial charge in [0.15, 0.2) is 0 Å². The fourth-order valence-corrected chi connectivity index (χ4v) is 1.29. The fourth-order valence-electron chi connectivity index (χ4n) is 1.15. The first-order chi connectivity index (χ1) is 8.00. The first-order valence-electron chi connectivity index (χ1n) is 5.38. The van der Waals surface area contributed by atoms with Gasteiger partial charge in [-0.05, 0) is 20.8 Å². The normalized spacial score (nSPS) is 10.6. The summed E-state index contributed by atoms with van der Waals surface area (Å²) in [5.74, 6) is 1.03. The maximum atomic E-state index is 5.56. The summed E-state index contributed by atoms with van der Waals surface area (Å²) in [5.41, 5.74) is 6.11. The number of ether oxygens (including phenoxy) is 2. The van der Waals surface area contributed by atoms with Crippen LogP contribution in [-0.4, -0.2) is 34.3 Å². The molecule has 0 bridgehead atoms. The van der Waals surface area contributed by atoms with Gasteiger partial charge in [-0.3, -0.25) is 0 Å². The van der Waals surface area contributed by atoms with Gasteiger partial charge in [0, 0.05) is 6.20 Å². The largest absolute Gasteiger partial charge is 0.475 e. The number of hydrogen-bond donors (Lipinski definition) is 1. The SMILES string of the molecule is Cc1ncc(C(N)=S)c(OCCOC(C)C)n1. The molecule has 0 fully saturated rings. The summed E-state index contributed by atoms with van der Waals surface area (Å²) in [6, 6.07) is 0. The van der Waals surface area contributed by atoms with E-state index in [1.165, 1.54) is 0 Å². The van der Waals surface area contributed by atoms with Crippen LogP contribution in [0.3, 0.4) is 0 Å². The van der Waals surface area contributed by atoms with Gasteiger partial charge in [0.1, 0.15) is 17.4 Å². The lowest BCUT2D eigenvalue weighted by Gasteiger charge is -2.11. The summed E-state index contributed by atoms with van der Waals surface area (Å²) in [6.45, 7) is 6.62. The number of hydrogen-bond acceptors (Lipinski definition) is 5. The van der Waals surface area contributed by atoms with Crippen LogP contribution in [-0.2, 0) is 4.74 Å². The van der Waals surface area contributed by atoms with Crippen molar-refractivity contribution in [3.63, 3.8) is 0 Å². The molecular formula is C11H17N3O2S. The van der Waals surface area contributed by atoms with Crippen molar-refractivity contribution < 1.29 is 9.47 Å². The molecule has 1 aromatic heterocycles. The van der Waals surface area contributed by atoms with E-state index in [1.807, 2.05) is 13.8 Å². The van der Waals surface area contributed by atoms with Gasteiger partial charge in [0.25, 0.3) is 0 Å². The number of nitrogens with two attached hydrogens (primary N) is 1. The molecule has 1 heterocycles. The Morgan fingerprint density at radius 2 is 2.18 bits per heavy atom. The molecule has 0 amide bonds. The molecule has 0 aliphatic heterocycles. The molecule has 1 aromatic rings. The Labute approximate surface area is 106 Å². The predicted molar refractivity (Wildman–Crippen MR) is 69.2 cm³/mol. The Morgan fingerprint density at radius 3 is 2.76 bits per heavy atom. The molecule has 2 N–H and O–H groups in total. The second-order valence-corrected chi connectivity index (χ2v) is 4.21. The van der Waals surface area contributed by atoms with E-state index in [4.69, 9.17) is 27.4 Å². The van der Waals surface area contributed by atoms with Crippen molar-refractivity contribution >= 4 is 17.2 Å². The van der Waals surface area contributed by atoms with E-state index in [2.05, 4.69) is 9.97 Å². The van der Waals surface area contributed by atoms with Gasteiger partial charge >= 0.3 is 0 Å². The third-order valence-corrected chi connectivity index (χ3v) is 2.13. The minimum atomic E-state index is 0.181. The van der Waals surface area contributed by atoms with Crippen LogP contribution in [0.25, 0.3) is 0 Å². The summed E-state index contributed by atoms with van der Waals surface area (Å²) in [5, 5.41) is 0. The summed E-state index contributed by atoms with van der Waals surface area (Å²) in [7, 11) is 0. The summed E-state index contributed by atoms with van der Waals surface area (Å²) in [6.07, 6.45) is 1.75. The molecule has 17 heavy (non-hydrogen) atoms. The van der Waals surface area contributed by atoms with Gasteiger partial charge in [-0.2, -0.15) is 4.98 Å². The zero-order chi connectivity index (χ0) is 12.8. The monoisotopic (exact) mass is 255 g/mol. The molecule has 0 unspecified atom stereocenters. The predicted octanol–water partition coefficient (Wildman–Crippen LogP) is 1.22. The molecule has 94 valence electrons. The highest BCUT2D eigenvalue weighted by atomic mass is 32.1. The van der Waals surface area contributed by atoms with E-state index < -0.39 is 0 Å². The van der Waals surface area contributed by atoms with Gasteiger partial charge < -0.3 is 15.2 Å². The molecule has 0 spiro atoms.